The molecule has 0 radical (unpaired) electrons. The average molecular weight is 490 g/mol. The van der Waals surface area contributed by atoms with Crippen molar-refractivity contribution in [3.63, 3.8) is 0 Å². The molecule has 9 nitrogen and oxygen atoms in total. The highest BCUT2D eigenvalue weighted by Gasteiger charge is 2.19. The molecule has 0 aliphatic carbocycles. The van der Waals surface area contributed by atoms with Crippen LogP contribution in [0.25, 0.3) is 0 Å². The molecule has 3 N–H and O–H groups in total. The van der Waals surface area contributed by atoms with Crippen LogP contribution in [0.5, 0.6) is 11.5 Å². The van der Waals surface area contributed by atoms with Crippen LogP contribution >= 0.6 is 11.6 Å². The molecule has 0 bridgehead atoms. The number of para-hydroxylation sites is 2. The molecule has 0 fully saturated rings. The molecule has 0 aromatic heterocycles. The Labute approximate surface area is 195 Å². The SMILES string of the molecule is COc1ccccc1NS(=O)(=O)c1cccc(C(=O)NNC(=O)c2cc(Cl)ccc2OC)c1. The van der Waals surface area contributed by atoms with Crippen molar-refractivity contribution in [3.8, 4) is 11.5 Å². The van der Waals surface area contributed by atoms with E-state index in [-0.39, 0.29) is 27.5 Å². The summed E-state index contributed by atoms with van der Waals surface area (Å²) in [5.41, 5.74) is 4.87. The monoisotopic (exact) mass is 489 g/mol. The van der Waals surface area contributed by atoms with Gasteiger partial charge in [0.15, 0.2) is 0 Å². The molecule has 0 unspecified atom stereocenters. The second-order valence-electron chi connectivity index (χ2n) is 6.59. The van der Waals surface area contributed by atoms with Crippen LogP contribution in [0.3, 0.4) is 0 Å². The Morgan fingerprint density at radius 1 is 0.818 bits per heavy atom. The van der Waals surface area contributed by atoms with E-state index in [4.69, 9.17) is 21.1 Å². The summed E-state index contributed by atoms with van der Waals surface area (Å²) in [5, 5.41) is 0.313. The maximum atomic E-state index is 12.8. The number of ether oxygens (including phenoxy) is 2. The molecule has 33 heavy (non-hydrogen) atoms. The van der Waals surface area contributed by atoms with Gasteiger partial charge in [-0.05, 0) is 48.5 Å². The Bertz CT molecular complexity index is 1300. The number of hydrazine groups is 1. The molecule has 3 aromatic rings. The summed E-state index contributed by atoms with van der Waals surface area (Å²) in [5.74, 6) is -0.779. The first-order chi connectivity index (χ1) is 15.7. The van der Waals surface area contributed by atoms with Crippen LogP contribution in [0.2, 0.25) is 5.02 Å². The molecule has 0 saturated heterocycles. The van der Waals surface area contributed by atoms with Crippen LogP contribution in [0.4, 0.5) is 5.69 Å². The van der Waals surface area contributed by atoms with Crippen LogP contribution in [0.1, 0.15) is 20.7 Å². The molecule has 2 amide bonds. The molecular weight excluding hydrogens is 470 g/mol. The summed E-state index contributed by atoms with van der Waals surface area (Å²) in [6, 6.07) is 16.3. The third-order valence-electron chi connectivity index (χ3n) is 4.45. The zero-order chi connectivity index (χ0) is 24.0. The maximum Gasteiger partial charge on any atom is 0.273 e. The fourth-order valence-corrected chi connectivity index (χ4v) is 4.14. The summed E-state index contributed by atoms with van der Waals surface area (Å²) in [6.07, 6.45) is 0. The molecule has 0 spiro atoms. The zero-order valence-corrected chi connectivity index (χ0v) is 19.2. The number of hydrogen-bond acceptors (Lipinski definition) is 6. The first kappa shape index (κ1) is 23.9. The number of halogens is 1. The first-order valence-electron chi connectivity index (χ1n) is 9.45. The van der Waals surface area contributed by atoms with Gasteiger partial charge in [-0.15, -0.1) is 0 Å². The van der Waals surface area contributed by atoms with E-state index in [1.807, 2.05) is 0 Å². The number of nitrogens with one attached hydrogen (secondary N) is 3. The second-order valence-corrected chi connectivity index (χ2v) is 8.71. The number of amides is 2. The second kappa shape index (κ2) is 10.2. The zero-order valence-electron chi connectivity index (χ0n) is 17.6. The van der Waals surface area contributed by atoms with E-state index in [0.717, 1.165) is 0 Å². The molecule has 0 saturated carbocycles. The van der Waals surface area contributed by atoms with E-state index < -0.39 is 21.8 Å². The Kier molecular flexibility index (Phi) is 7.41. The molecule has 0 aliphatic rings. The van der Waals surface area contributed by atoms with Crippen molar-refractivity contribution in [1.29, 1.82) is 0 Å². The van der Waals surface area contributed by atoms with Gasteiger partial charge in [0.2, 0.25) is 0 Å². The Morgan fingerprint density at radius 3 is 2.24 bits per heavy atom. The minimum absolute atomic E-state index is 0.0104. The molecular formula is C22H20ClN3O6S. The molecule has 0 aliphatic heterocycles. The number of sulfonamides is 1. The van der Waals surface area contributed by atoms with E-state index in [9.17, 15) is 18.0 Å². The van der Waals surface area contributed by atoms with Crippen LogP contribution < -0.4 is 25.0 Å². The van der Waals surface area contributed by atoms with Crippen molar-refractivity contribution in [2.75, 3.05) is 18.9 Å². The van der Waals surface area contributed by atoms with Crippen molar-refractivity contribution in [1.82, 2.24) is 10.9 Å². The minimum Gasteiger partial charge on any atom is -0.496 e. The Hall–Kier alpha value is -3.76. The highest BCUT2D eigenvalue weighted by Crippen LogP contribution is 2.26. The van der Waals surface area contributed by atoms with Gasteiger partial charge in [-0.3, -0.25) is 25.2 Å². The fraction of sp³-hybridized carbons (Fsp3) is 0.0909. The quantitative estimate of drug-likeness (QED) is 0.438. The summed E-state index contributed by atoms with van der Waals surface area (Å²) in [4.78, 5) is 24.8. The molecule has 0 heterocycles. The average Bonchev–Trinajstić information content (AvgIpc) is 2.82. The smallest absolute Gasteiger partial charge is 0.273 e. The first-order valence-corrected chi connectivity index (χ1v) is 11.3. The van der Waals surface area contributed by atoms with Crippen molar-refractivity contribution < 1.29 is 27.5 Å². The predicted molar refractivity (Wildman–Crippen MR) is 123 cm³/mol. The van der Waals surface area contributed by atoms with Gasteiger partial charge in [0.25, 0.3) is 21.8 Å². The van der Waals surface area contributed by atoms with Crippen molar-refractivity contribution >= 4 is 39.1 Å². The highest BCUT2D eigenvalue weighted by atomic mass is 35.5. The van der Waals surface area contributed by atoms with Crippen molar-refractivity contribution in [2.45, 2.75) is 4.90 Å². The van der Waals surface area contributed by atoms with Crippen molar-refractivity contribution in [3.05, 3.63) is 82.9 Å². The summed E-state index contributed by atoms with van der Waals surface area (Å²) >= 11 is 5.92. The number of carbonyl (C=O) groups is 2. The molecule has 11 heteroatoms. The third-order valence-corrected chi connectivity index (χ3v) is 6.05. The van der Waals surface area contributed by atoms with E-state index >= 15 is 0 Å². The van der Waals surface area contributed by atoms with Gasteiger partial charge in [-0.1, -0.05) is 29.8 Å². The minimum atomic E-state index is -4.02. The molecule has 3 aromatic carbocycles. The van der Waals surface area contributed by atoms with Gasteiger partial charge in [-0.25, -0.2) is 8.42 Å². The number of rotatable bonds is 7. The maximum absolute atomic E-state index is 12.8. The number of anilines is 1. The highest BCUT2D eigenvalue weighted by molar-refractivity contribution is 7.92. The lowest BCUT2D eigenvalue weighted by atomic mass is 10.2. The standard InChI is InChI=1S/C22H20ClN3O6S/c1-31-19-11-10-15(23)13-17(19)22(28)25-24-21(27)14-6-5-7-16(12-14)33(29,30)26-18-8-3-4-9-20(18)32-2/h3-13,26H,1-2H3,(H,24,27)(H,25,28). The van der Waals surface area contributed by atoms with Gasteiger partial charge < -0.3 is 9.47 Å². The lowest BCUT2D eigenvalue weighted by Crippen LogP contribution is -2.41. The van der Waals surface area contributed by atoms with E-state index in [1.54, 1.807) is 30.3 Å². The topological polar surface area (TPSA) is 123 Å². The normalized spacial score (nSPS) is 10.8. The number of benzene rings is 3. The van der Waals surface area contributed by atoms with Gasteiger partial charge >= 0.3 is 0 Å². The van der Waals surface area contributed by atoms with Gasteiger partial charge in [0.1, 0.15) is 11.5 Å². The summed E-state index contributed by atoms with van der Waals surface area (Å²) in [7, 11) is -1.20. The third kappa shape index (κ3) is 5.73. The van der Waals surface area contributed by atoms with Crippen LogP contribution in [-0.4, -0.2) is 34.5 Å². The summed E-state index contributed by atoms with van der Waals surface area (Å²) < 4.78 is 38.3. The number of methoxy groups -OCH3 is 2. The Balaban J connectivity index is 1.74. The molecule has 172 valence electrons. The largest absolute Gasteiger partial charge is 0.496 e. The van der Waals surface area contributed by atoms with E-state index in [0.29, 0.717) is 10.8 Å². The molecule has 3 rings (SSSR count). The molecule has 0 atom stereocenters. The fourth-order valence-electron chi connectivity index (χ4n) is 2.85. The van der Waals surface area contributed by atoms with Crippen molar-refractivity contribution in [2.24, 2.45) is 0 Å². The predicted octanol–water partition coefficient (Wildman–Crippen LogP) is 3.23. The number of carbonyl (C=O) groups excluding carboxylic acids is 2. The number of hydrogen-bond donors (Lipinski definition) is 3. The van der Waals surface area contributed by atoms with E-state index in [2.05, 4.69) is 15.6 Å². The van der Waals surface area contributed by atoms with Gasteiger partial charge in [0, 0.05) is 10.6 Å². The van der Waals surface area contributed by atoms with Gasteiger partial charge in [-0.2, -0.15) is 0 Å². The summed E-state index contributed by atoms with van der Waals surface area (Å²) in [6.45, 7) is 0. The van der Waals surface area contributed by atoms with Crippen LogP contribution in [-0.2, 0) is 10.0 Å². The lowest BCUT2D eigenvalue weighted by molar-refractivity contribution is 0.0845. The van der Waals surface area contributed by atoms with Crippen LogP contribution in [0, 0.1) is 0 Å². The van der Waals surface area contributed by atoms with Gasteiger partial charge in [0.05, 0.1) is 30.4 Å². The lowest BCUT2D eigenvalue weighted by Gasteiger charge is -2.13. The van der Waals surface area contributed by atoms with Crippen LogP contribution in [0.15, 0.2) is 71.6 Å². The Morgan fingerprint density at radius 2 is 1.52 bits per heavy atom. The van der Waals surface area contributed by atoms with E-state index in [1.165, 1.54) is 50.6 Å².